The van der Waals surface area contributed by atoms with Crippen molar-refractivity contribution in [2.75, 3.05) is 6.54 Å². The van der Waals surface area contributed by atoms with Crippen molar-refractivity contribution in [3.63, 3.8) is 0 Å². The van der Waals surface area contributed by atoms with Gasteiger partial charge in [0.2, 0.25) is 10.0 Å². The van der Waals surface area contributed by atoms with Gasteiger partial charge in [0.05, 0.1) is 52.0 Å². The highest BCUT2D eigenvalue weighted by Crippen LogP contribution is 2.43. The van der Waals surface area contributed by atoms with E-state index in [1.807, 2.05) is 13.8 Å². The first-order valence-electron chi connectivity index (χ1n) is 12.6. The van der Waals surface area contributed by atoms with Crippen LogP contribution in [0.2, 0.25) is 0 Å². The highest BCUT2D eigenvalue weighted by Gasteiger charge is 2.48. The fourth-order valence-electron chi connectivity index (χ4n) is 4.80. The molecule has 208 valence electrons. The van der Waals surface area contributed by atoms with Gasteiger partial charge in [-0.25, -0.2) is 12.8 Å². The van der Waals surface area contributed by atoms with Gasteiger partial charge in [-0.15, -0.1) is 0 Å². The van der Waals surface area contributed by atoms with Crippen LogP contribution in [0.1, 0.15) is 50.9 Å². The average Bonchev–Trinajstić information content (AvgIpc) is 3.26. The second kappa shape index (κ2) is 11.5. The monoisotopic (exact) mass is 565 g/mol. The van der Waals surface area contributed by atoms with E-state index in [-0.39, 0.29) is 40.9 Å². The SMILES string of the molecule is C#[N+]c1cc(F)ccc1C(CC(=O)O)=N[C@@]1(C)C[C@@H](c2ccccn2)N(S(=O)(=O)c2ccc(OC(C)C)cc2)C1. The van der Waals surface area contributed by atoms with E-state index in [4.69, 9.17) is 16.3 Å². The number of rotatable bonds is 9. The van der Waals surface area contributed by atoms with Crippen molar-refractivity contribution < 1.29 is 27.4 Å². The number of carbonyl (C=O) groups is 1. The number of aromatic nitrogens is 1. The number of benzene rings is 2. The van der Waals surface area contributed by atoms with Crippen LogP contribution in [0.3, 0.4) is 0 Å². The Labute approximate surface area is 232 Å². The molecule has 1 saturated heterocycles. The van der Waals surface area contributed by atoms with Gasteiger partial charge in [-0.2, -0.15) is 4.31 Å². The summed E-state index contributed by atoms with van der Waals surface area (Å²) in [5.74, 6) is -1.21. The number of pyridine rings is 1. The number of halogens is 1. The summed E-state index contributed by atoms with van der Waals surface area (Å²) in [6.45, 7) is 10.9. The van der Waals surface area contributed by atoms with Crippen LogP contribution in [0.15, 0.2) is 76.7 Å². The van der Waals surface area contributed by atoms with Crippen LogP contribution in [-0.2, 0) is 14.8 Å². The first-order valence-corrected chi connectivity index (χ1v) is 14.1. The van der Waals surface area contributed by atoms with E-state index in [2.05, 4.69) is 9.83 Å². The molecule has 0 amide bonds. The maximum absolute atomic E-state index is 14.0. The molecule has 11 heteroatoms. The van der Waals surface area contributed by atoms with Crippen LogP contribution in [0, 0.1) is 12.4 Å². The second-order valence-corrected chi connectivity index (χ2v) is 12.0. The third kappa shape index (κ3) is 6.35. The van der Waals surface area contributed by atoms with Gasteiger partial charge in [0, 0.05) is 12.7 Å². The molecule has 3 aromatic rings. The van der Waals surface area contributed by atoms with Crippen LogP contribution in [0.25, 0.3) is 4.85 Å². The zero-order valence-corrected chi connectivity index (χ0v) is 23.2. The van der Waals surface area contributed by atoms with Gasteiger partial charge in [-0.05, 0) is 80.6 Å². The van der Waals surface area contributed by atoms with Crippen molar-refractivity contribution in [3.8, 4) is 12.3 Å². The Balaban J connectivity index is 1.79. The van der Waals surface area contributed by atoms with Crippen molar-refractivity contribution in [2.45, 2.75) is 56.2 Å². The summed E-state index contributed by atoms with van der Waals surface area (Å²) in [6.07, 6.45) is 1.24. The number of hydrogen-bond donors (Lipinski definition) is 1. The second-order valence-electron chi connectivity index (χ2n) is 10.1. The molecule has 1 aromatic heterocycles. The highest BCUT2D eigenvalue weighted by atomic mass is 32.2. The topological polar surface area (TPSA) is 114 Å². The predicted octanol–water partition coefficient (Wildman–Crippen LogP) is 5.46. The molecule has 0 saturated carbocycles. The van der Waals surface area contributed by atoms with E-state index in [0.717, 1.165) is 6.07 Å². The first-order chi connectivity index (χ1) is 18.9. The van der Waals surface area contributed by atoms with E-state index in [9.17, 15) is 22.7 Å². The Morgan fingerprint density at radius 1 is 1.25 bits per heavy atom. The third-order valence-electron chi connectivity index (χ3n) is 6.44. The third-order valence-corrected chi connectivity index (χ3v) is 8.31. The molecule has 2 atom stereocenters. The number of carboxylic acid groups (broad SMARTS) is 1. The lowest BCUT2D eigenvalue weighted by Crippen LogP contribution is -2.35. The van der Waals surface area contributed by atoms with Gasteiger partial charge < -0.3 is 9.84 Å². The molecule has 0 radical (unpaired) electrons. The summed E-state index contributed by atoms with van der Waals surface area (Å²) in [5.41, 5.74) is -0.126. The fourth-order valence-corrected chi connectivity index (χ4v) is 6.52. The Bertz CT molecular complexity index is 1570. The van der Waals surface area contributed by atoms with Gasteiger partial charge in [0.25, 0.3) is 6.57 Å². The number of carboxylic acids is 1. The summed E-state index contributed by atoms with van der Waals surface area (Å²) in [7, 11) is -4.03. The van der Waals surface area contributed by atoms with Crippen LogP contribution >= 0.6 is 0 Å². The van der Waals surface area contributed by atoms with Gasteiger partial charge >= 0.3 is 11.7 Å². The summed E-state index contributed by atoms with van der Waals surface area (Å²) >= 11 is 0. The molecular weight excluding hydrogens is 535 g/mol. The van der Waals surface area contributed by atoms with Crippen molar-refractivity contribution in [1.82, 2.24) is 9.29 Å². The summed E-state index contributed by atoms with van der Waals surface area (Å²) in [6, 6.07) is 14.4. The van der Waals surface area contributed by atoms with Crippen LogP contribution < -0.4 is 4.74 Å². The molecule has 1 N–H and O–H groups in total. The molecule has 1 fully saturated rings. The normalized spacial score (nSPS) is 19.9. The molecule has 1 aliphatic heterocycles. The largest absolute Gasteiger partial charge is 0.491 e. The number of aliphatic carboxylic acids is 1. The van der Waals surface area contributed by atoms with Gasteiger partial charge in [0.1, 0.15) is 11.6 Å². The van der Waals surface area contributed by atoms with E-state index in [0.29, 0.717) is 11.4 Å². The lowest BCUT2D eigenvalue weighted by molar-refractivity contribution is -0.135. The average molecular weight is 566 g/mol. The maximum atomic E-state index is 14.0. The molecule has 2 heterocycles. The van der Waals surface area contributed by atoms with Crippen molar-refractivity contribution in [3.05, 3.63) is 88.8 Å². The molecule has 0 bridgehead atoms. The van der Waals surface area contributed by atoms with Crippen LogP contribution in [0.5, 0.6) is 5.75 Å². The molecule has 9 nitrogen and oxygen atoms in total. The fraction of sp³-hybridized carbons (Fsp3) is 0.310. The van der Waals surface area contributed by atoms with E-state index in [1.54, 1.807) is 43.5 Å². The molecule has 0 spiro atoms. The van der Waals surface area contributed by atoms with Gasteiger partial charge in [-0.1, -0.05) is 6.07 Å². The summed E-state index contributed by atoms with van der Waals surface area (Å²) < 4.78 is 48.7. The zero-order valence-electron chi connectivity index (χ0n) is 22.4. The van der Waals surface area contributed by atoms with E-state index in [1.165, 1.54) is 28.6 Å². The van der Waals surface area contributed by atoms with Crippen LogP contribution in [-0.4, -0.2) is 52.7 Å². The standard InChI is InChI=1S/C29H29FN4O5S/c1-19(2)39-21-9-11-22(12-10-21)40(37,38)34-18-29(3,17-27(34)24-7-5-6-14-32-24)33-26(16-28(35)36)23-13-8-20(30)15-25(23)31-4/h4-15,19,27H,16-18H2,1-3H3/p+1/t27-,29-/m0/s1. The number of aliphatic imine (C=N–C) groups is 1. The Morgan fingerprint density at radius 2 is 1.98 bits per heavy atom. The molecule has 0 unspecified atom stereocenters. The smallest absolute Gasteiger partial charge is 0.351 e. The predicted molar refractivity (Wildman–Crippen MR) is 149 cm³/mol. The Kier molecular flexibility index (Phi) is 8.32. The van der Waals surface area contributed by atoms with E-state index >= 15 is 0 Å². The minimum absolute atomic E-state index is 0.0380. The Hall–Kier alpha value is -4.14. The van der Waals surface area contributed by atoms with Gasteiger partial charge in [-0.3, -0.25) is 14.8 Å². The molecule has 1 aliphatic rings. The summed E-state index contributed by atoms with van der Waals surface area (Å²) in [4.78, 5) is 24.6. The lowest BCUT2D eigenvalue weighted by atomic mass is 9.96. The molecule has 2 aromatic carbocycles. The quantitative estimate of drug-likeness (QED) is 0.345. The van der Waals surface area contributed by atoms with Gasteiger partial charge in [0.15, 0.2) is 0 Å². The molecule has 0 aliphatic carbocycles. The molecular formula is C29H30FN4O5S+. The van der Waals surface area contributed by atoms with Crippen molar-refractivity contribution >= 4 is 27.4 Å². The Morgan fingerprint density at radius 3 is 2.58 bits per heavy atom. The molecule has 40 heavy (non-hydrogen) atoms. The zero-order chi connectivity index (χ0) is 29.1. The maximum Gasteiger partial charge on any atom is 0.351 e. The van der Waals surface area contributed by atoms with E-state index < -0.39 is 39.8 Å². The molecule has 4 rings (SSSR count). The number of hydrogen-bond acceptors (Lipinski definition) is 6. The summed E-state index contributed by atoms with van der Waals surface area (Å²) in [5, 5.41) is 9.61. The minimum atomic E-state index is -4.03. The number of sulfonamides is 1. The minimum Gasteiger partial charge on any atom is -0.491 e. The highest BCUT2D eigenvalue weighted by molar-refractivity contribution is 7.89. The first kappa shape index (κ1) is 28.9. The number of nitrogens with zero attached hydrogens (tertiary/aromatic N) is 4. The van der Waals surface area contributed by atoms with Crippen molar-refractivity contribution in [2.24, 2.45) is 4.99 Å². The van der Waals surface area contributed by atoms with Crippen molar-refractivity contribution in [1.29, 1.82) is 0 Å². The number of ether oxygens (including phenoxy) is 1. The van der Waals surface area contributed by atoms with Crippen LogP contribution in [0.4, 0.5) is 10.1 Å². The lowest BCUT2D eigenvalue weighted by Gasteiger charge is -2.24.